The van der Waals surface area contributed by atoms with Gasteiger partial charge < -0.3 is 20.2 Å². The van der Waals surface area contributed by atoms with Gasteiger partial charge in [-0.15, -0.1) is 0 Å². The summed E-state index contributed by atoms with van der Waals surface area (Å²) < 4.78 is 40.7. The molecule has 2 bridgehead atoms. The van der Waals surface area contributed by atoms with Gasteiger partial charge in [-0.2, -0.15) is 0 Å². The van der Waals surface area contributed by atoms with Crippen molar-refractivity contribution in [3.63, 3.8) is 0 Å². The number of hydrogen-bond acceptors (Lipinski definition) is 4. The van der Waals surface area contributed by atoms with Crippen LogP contribution in [0.3, 0.4) is 0 Å². The molecule has 3 fully saturated rings. The van der Waals surface area contributed by atoms with E-state index in [1.165, 1.54) is 0 Å². The van der Waals surface area contributed by atoms with Crippen LogP contribution in [0.25, 0.3) is 0 Å². The monoisotopic (exact) mass is 419 g/mol. The molecule has 2 amide bonds. The van der Waals surface area contributed by atoms with Gasteiger partial charge in [0, 0.05) is 55.5 Å². The lowest BCUT2D eigenvalue weighted by Gasteiger charge is -2.44. The van der Waals surface area contributed by atoms with E-state index in [1.54, 1.807) is 16.0 Å². The molecule has 0 unspecified atom stereocenters. The Morgan fingerprint density at radius 1 is 1.27 bits per heavy atom. The second kappa shape index (κ2) is 6.52. The fourth-order valence-corrected chi connectivity index (χ4v) is 4.97. The van der Waals surface area contributed by atoms with Crippen molar-refractivity contribution in [2.45, 2.75) is 37.8 Å². The van der Waals surface area contributed by atoms with Crippen molar-refractivity contribution >= 4 is 11.8 Å². The van der Waals surface area contributed by atoms with Gasteiger partial charge in [0.1, 0.15) is 28.9 Å². The SMILES string of the molecule is O=C(NCc1c(F)cc(F)cc1F)C1=CN2C(=C(O)C1)C(=O)N1CCC[C@@H]3C[C@]32C1. The smallest absolute Gasteiger partial charge is 0.274 e. The molecule has 1 saturated carbocycles. The number of amides is 2. The van der Waals surface area contributed by atoms with Gasteiger partial charge in [-0.05, 0) is 25.2 Å². The number of allylic oxidation sites excluding steroid dienone is 1. The maximum absolute atomic E-state index is 13.8. The first-order valence-electron chi connectivity index (χ1n) is 9.93. The van der Waals surface area contributed by atoms with Crippen molar-refractivity contribution in [2.24, 2.45) is 5.92 Å². The molecule has 9 heteroatoms. The van der Waals surface area contributed by atoms with Gasteiger partial charge in [-0.1, -0.05) is 0 Å². The molecular formula is C21H20F3N3O3. The molecule has 1 spiro atoms. The van der Waals surface area contributed by atoms with Crippen molar-refractivity contribution < 1.29 is 27.9 Å². The standard InChI is InChI=1S/C21H20F3N3O3/c22-13-5-15(23)14(16(24)6-13)8-25-19(29)11-4-17(28)18-20(30)26-3-1-2-12-7-21(12,10-26)27(18)9-11/h5-6,9,12,28H,1-4,7-8,10H2,(H,25,29)/t12-,21+/m1/s1. The van der Waals surface area contributed by atoms with E-state index in [1.807, 2.05) is 0 Å². The Morgan fingerprint density at radius 3 is 2.73 bits per heavy atom. The van der Waals surface area contributed by atoms with E-state index in [4.69, 9.17) is 0 Å². The highest BCUT2D eigenvalue weighted by Crippen LogP contribution is 2.57. The van der Waals surface area contributed by atoms with E-state index in [0.717, 1.165) is 19.3 Å². The van der Waals surface area contributed by atoms with Crippen molar-refractivity contribution in [3.8, 4) is 0 Å². The molecule has 6 nitrogen and oxygen atoms in total. The average molecular weight is 419 g/mol. The van der Waals surface area contributed by atoms with E-state index in [2.05, 4.69) is 5.32 Å². The van der Waals surface area contributed by atoms with Crippen molar-refractivity contribution in [1.29, 1.82) is 0 Å². The van der Waals surface area contributed by atoms with Gasteiger partial charge in [-0.25, -0.2) is 13.2 Å². The minimum atomic E-state index is -1.09. The highest BCUT2D eigenvalue weighted by atomic mass is 19.1. The summed E-state index contributed by atoms with van der Waals surface area (Å²) in [6, 6.07) is 1.10. The number of hydrogen-bond donors (Lipinski definition) is 2. The Hall–Kier alpha value is -2.97. The molecule has 3 aliphatic heterocycles. The average Bonchev–Trinajstić information content (AvgIpc) is 3.38. The fraction of sp³-hybridized carbons (Fsp3) is 0.429. The molecule has 0 aromatic heterocycles. The number of carbonyl (C=O) groups excluding carboxylic acids is 2. The van der Waals surface area contributed by atoms with Crippen LogP contribution in [0.15, 0.2) is 35.4 Å². The van der Waals surface area contributed by atoms with Gasteiger partial charge >= 0.3 is 0 Å². The normalized spacial score (nSPS) is 27.2. The van der Waals surface area contributed by atoms with Crippen molar-refractivity contribution in [2.75, 3.05) is 13.1 Å². The quantitative estimate of drug-likeness (QED) is 0.790. The van der Waals surface area contributed by atoms with Crippen LogP contribution in [0, 0.1) is 23.4 Å². The first-order valence-corrected chi connectivity index (χ1v) is 9.93. The number of nitrogens with zero attached hydrogens (tertiary/aromatic N) is 2. The van der Waals surface area contributed by atoms with Gasteiger partial charge in [0.2, 0.25) is 5.91 Å². The molecule has 2 saturated heterocycles. The lowest BCUT2D eigenvalue weighted by molar-refractivity contribution is -0.133. The van der Waals surface area contributed by atoms with Crippen LogP contribution >= 0.6 is 0 Å². The number of carbonyl (C=O) groups is 2. The molecule has 2 atom stereocenters. The first-order chi connectivity index (χ1) is 14.3. The van der Waals surface area contributed by atoms with E-state index >= 15 is 0 Å². The number of piperazine rings is 1. The predicted octanol–water partition coefficient (Wildman–Crippen LogP) is 2.47. The van der Waals surface area contributed by atoms with E-state index in [-0.39, 0.29) is 34.9 Å². The maximum Gasteiger partial charge on any atom is 0.274 e. The molecule has 30 heavy (non-hydrogen) atoms. The zero-order valence-corrected chi connectivity index (χ0v) is 16.1. The molecule has 2 N–H and O–H groups in total. The molecule has 1 aromatic carbocycles. The first kappa shape index (κ1) is 19.0. The molecular weight excluding hydrogens is 399 g/mol. The lowest BCUT2D eigenvalue weighted by atomic mass is 9.98. The largest absolute Gasteiger partial charge is 0.510 e. The number of benzene rings is 1. The van der Waals surface area contributed by atoms with Crippen LogP contribution in [0.5, 0.6) is 0 Å². The number of aliphatic hydroxyl groups excluding tert-OH is 1. The summed E-state index contributed by atoms with van der Waals surface area (Å²) in [7, 11) is 0. The minimum absolute atomic E-state index is 0.146. The van der Waals surface area contributed by atoms with Crippen LogP contribution in [-0.2, 0) is 16.1 Å². The van der Waals surface area contributed by atoms with Crippen LogP contribution < -0.4 is 5.32 Å². The highest BCUT2D eigenvalue weighted by molar-refractivity contribution is 5.98. The van der Waals surface area contributed by atoms with Crippen molar-refractivity contribution in [1.82, 2.24) is 15.1 Å². The third-order valence-corrected chi connectivity index (χ3v) is 6.59. The van der Waals surface area contributed by atoms with E-state index in [9.17, 15) is 27.9 Å². The number of aliphatic hydroxyl groups is 1. The number of halogens is 3. The second-order valence-corrected chi connectivity index (χ2v) is 8.40. The summed E-state index contributed by atoms with van der Waals surface area (Å²) in [5.41, 5.74) is -0.327. The Bertz CT molecular complexity index is 1010. The summed E-state index contributed by atoms with van der Waals surface area (Å²) in [4.78, 5) is 29.0. The number of nitrogens with one attached hydrogen (secondary N) is 1. The molecule has 158 valence electrons. The fourth-order valence-electron chi connectivity index (χ4n) is 4.97. The third kappa shape index (κ3) is 2.79. The molecule has 1 aliphatic carbocycles. The maximum atomic E-state index is 13.8. The summed E-state index contributed by atoms with van der Waals surface area (Å²) in [5.74, 6) is -3.85. The van der Waals surface area contributed by atoms with Crippen LogP contribution in [0.1, 0.15) is 31.2 Å². The van der Waals surface area contributed by atoms with Crippen LogP contribution in [0.2, 0.25) is 0 Å². The Labute approximate surface area is 170 Å². The topological polar surface area (TPSA) is 72.9 Å². The minimum Gasteiger partial charge on any atom is -0.510 e. The Kier molecular flexibility index (Phi) is 4.13. The van der Waals surface area contributed by atoms with Gasteiger partial charge in [-0.3, -0.25) is 9.59 Å². The second-order valence-electron chi connectivity index (χ2n) is 8.40. The lowest BCUT2D eigenvalue weighted by Crippen LogP contribution is -2.56. The summed E-state index contributed by atoms with van der Waals surface area (Å²) in [6.45, 7) is 0.754. The van der Waals surface area contributed by atoms with Gasteiger partial charge in [0.15, 0.2) is 0 Å². The zero-order valence-electron chi connectivity index (χ0n) is 16.1. The molecule has 4 aliphatic rings. The van der Waals surface area contributed by atoms with Crippen molar-refractivity contribution in [3.05, 3.63) is 58.4 Å². The number of rotatable bonds is 3. The van der Waals surface area contributed by atoms with Crippen LogP contribution in [0.4, 0.5) is 13.2 Å². The third-order valence-electron chi connectivity index (χ3n) is 6.59. The highest BCUT2D eigenvalue weighted by Gasteiger charge is 2.64. The van der Waals surface area contributed by atoms with Gasteiger partial charge in [0.25, 0.3) is 5.91 Å². The summed E-state index contributed by atoms with van der Waals surface area (Å²) in [5, 5.41) is 13.0. The number of fused-ring (bicyclic) bond motifs is 2. The molecule has 5 rings (SSSR count). The van der Waals surface area contributed by atoms with E-state index in [0.29, 0.717) is 31.1 Å². The van der Waals surface area contributed by atoms with E-state index < -0.39 is 35.5 Å². The van der Waals surface area contributed by atoms with Gasteiger partial charge in [0.05, 0.1) is 5.54 Å². The van der Waals surface area contributed by atoms with Crippen LogP contribution in [-0.4, -0.2) is 45.3 Å². The molecule has 0 radical (unpaired) electrons. The zero-order chi connectivity index (χ0) is 21.2. The Balaban J connectivity index is 1.39. The summed E-state index contributed by atoms with van der Waals surface area (Å²) in [6.07, 6.45) is 4.21. The molecule has 1 aromatic rings. The summed E-state index contributed by atoms with van der Waals surface area (Å²) >= 11 is 0. The molecule has 3 heterocycles. The predicted molar refractivity (Wildman–Crippen MR) is 99.0 cm³/mol. The Morgan fingerprint density at radius 2 is 2.00 bits per heavy atom.